The van der Waals surface area contributed by atoms with E-state index in [0.717, 1.165) is 0 Å². The Balaban J connectivity index is 3.15. The van der Waals surface area contributed by atoms with E-state index in [9.17, 15) is 0 Å². The van der Waals surface area contributed by atoms with Crippen molar-refractivity contribution in [3.8, 4) is 11.8 Å². The van der Waals surface area contributed by atoms with Gasteiger partial charge in [0.1, 0.15) is 13.6 Å². The summed E-state index contributed by atoms with van der Waals surface area (Å²) < 4.78 is 4.91. The monoisotopic (exact) mass is 143 g/mol. The lowest BCUT2D eigenvalue weighted by Crippen LogP contribution is -2.02. The van der Waals surface area contributed by atoms with Gasteiger partial charge >= 0.3 is 0 Å². The highest BCUT2D eigenvalue weighted by molar-refractivity contribution is 6.32. The first-order chi connectivity index (χ1) is 5.26. The van der Waals surface area contributed by atoms with Gasteiger partial charge in [0.05, 0.1) is 18.7 Å². The van der Waals surface area contributed by atoms with E-state index < -0.39 is 0 Å². The zero-order valence-electron chi connectivity index (χ0n) is 6.16. The minimum Gasteiger partial charge on any atom is -0.497 e. The van der Waals surface area contributed by atoms with Crippen LogP contribution in [0, 0.1) is 11.3 Å². The molecule has 0 fully saturated rings. The summed E-state index contributed by atoms with van der Waals surface area (Å²) in [6.45, 7) is 0. The SMILES string of the molecule is [B]c1cc(C#N)cc(OC)c1. The molecule has 2 radical (unpaired) electrons. The van der Waals surface area contributed by atoms with E-state index in [-0.39, 0.29) is 0 Å². The second kappa shape index (κ2) is 3.11. The van der Waals surface area contributed by atoms with Crippen LogP contribution in [0.25, 0.3) is 0 Å². The molecule has 0 bridgehead atoms. The Bertz CT molecular complexity index is 303. The van der Waals surface area contributed by atoms with Gasteiger partial charge in [-0.05, 0) is 12.1 Å². The molecule has 1 aromatic rings. The summed E-state index contributed by atoms with van der Waals surface area (Å²) in [7, 11) is 7.02. The molecule has 0 aliphatic heterocycles. The second-order valence-electron chi connectivity index (χ2n) is 2.11. The van der Waals surface area contributed by atoms with Gasteiger partial charge < -0.3 is 4.74 Å². The smallest absolute Gasteiger partial charge is 0.119 e. The number of hydrogen-bond acceptors (Lipinski definition) is 2. The van der Waals surface area contributed by atoms with E-state index in [1.165, 1.54) is 7.11 Å². The first kappa shape index (κ1) is 7.68. The lowest BCUT2D eigenvalue weighted by atomic mass is 9.94. The molecule has 0 aliphatic carbocycles. The van der Waals surface area contributed by atoms with Gasteiger partial charge in [-0.3, -0.25) is 0 Å². The lowest BCUT2D eigenvalue weighted by Gasteiger charge is -2.00. The predicted octanol–water partition coefficient (Wildman–Crippen LogP) is 0.361. The fourth-order valence-electron chi connectivity index (χ4n) is 0.804. The second-order valence-corrected chi connectivity index (χ2v) is 2.11. The third kappa shape index (κ3) is 1.75. The minimum atomic E-state index is 0.516. The Morgan fingerprint density at radius 3 is 2.73 bits per heavy atom. The van der Waals surface area contributed by atoms with E-state index >= 15 is 0 Å². The van der Waals surface area contributed by atoms with Crippen molar-refractivity contribution in [2.45, 2.75) is 0 Å². The fourth-order valence-corrected chi connectivity index (χ4v) is 0.804. The molecular weight excluding hydrogens is 137 g/mol. The van der Waals surface area contributed by atoms with Crippen LogP contribution in [0.5, 0.6) is 5.75 Å². The third-order valence-corrected chi connectivity index (χ3v) is 1.29. The van der Waals surface area contributed by atoms with Gasteiger partial charge in [0.2, 0.25) is 0 Å². The highest BCUT2D eigenvalue weighted by atomic mass is 16.5. The molecular formula is C8H6BNO. The van der Waals surface area contributed by atoms with Crippen LogP contribution in [0.3, 0.4) is 0 Å². The van der Waals surface area contributed by atoms with Gasteiger partial charge in [-0.25, -0.2) is 0 Å². The zero-order valence-corrected chi connectivity index (χ0v) is 6.16. The number of nitrogens with zero attached hydrogens (tertiary/aromatic N) is 1. The molecule has 0 unspecified atom stereocenters. The highest BCUT2D eigenvalue weighted by Crippen LogP contribution is 2.09. The Kier molecular flexibility index (Phi) is 2.17. The average Bonchev–Trinajstić information content (AvgIpc) is 2.03. The van der Waals surface area contributed by atoms with Gasteiger partial charge in [-0.2, -0.15) is 5.26 Å². The molecule has 0 spiro atoms. The fraction of sp³-hybridized carbons (Fsp3) is 0.125. The largest absolute Gasteiger partial charge is 0.497 e. The van der Waals surface area contributed by atoms with Crippen LogP contribution in [0.4, 0.5) is 0 Å². The summed E-state index contributed by atoms with van der Waals surface area (Å²) in [5, 5.41) is 8.52. The lowest BCUT2D eigenvalue weighted by molar-refractivity contribution is 0.415. The normalized spacial score (nSPS) is 8.73. The van der Waals surface area contributed by atoms with Crippen molar-refractivity contribution in [2.24, 2.45) is 0 Å². The van der Waals surface area contributed by atoms with Crippen molar-refractivity contribution in [2.75, 3.05) is 7.11 Å². The number of ether oxygens (including phenoxy) is 1. The van der Waals surface area contributed by atoms with Crippen molar-refractivity contribution in [3.63, 3.8) is 0 Å². The Hall–Kier alpha value is -1.43. The summed E-state index contributed by atoms with van der Waals surface area (Å²) in [5.74, 6) is 0.613. The van der Waals surface area contributed by atoms with Crippen LogP contribution in [0.2, 0.25) is 0 Å². The number of nitriles is 1. The molecule has 0 atom stereocenters. The molecule has 1 aromatic carbocycles. The van der Waals surface area contributed by atoms with Gasteiger partial charge in [-0.15, -0.1) is 0 Å². The van der Waals surface area contributed by atoms with E-state index in [1.54, 1.807) is 18.2 Å². The Morgan fingerprint density at radius 2 is 2.18 bits per heavy atom. The Morgan fingerprint density at radius 1 is 1.45 bits per heavy atom. The number of hydrogen-bond donors (Lipinski definition) is 0. The molecule has 1 rings (SSSR count). The molecule has 52 valence electrons. The van der Waals surface area contributed by atoms with Crippen molar-refractivity contribution in [1.82, 2.24) is 0 Å². The van der Waals surface area contributed by atoms with Crippen LogP contribution in [0.15, 0.2) is 18.2 Å². The number of methoxy groups -OCH3 is 1. The van der Waals surface area contributed by atoms with Crippen LogP contribution >= 0.6 is 0 Å². The van der Waals surface area contributed by atoms with Gasteiger partial charge in [0.25, 0.3) is 0 Å². The quantitative estimate of drug-likeness (QED) is 0.531. The van der Waals surface area contributed by atoms with Crippen LogP contribution in [-0.4, -0.2) is 15.0 Å². The van der Waals surface area contributed by atoms with Crippen LogP contribution in [-0.2, 0) is 0 Å². The number of rotatable bonds is 1. The van der Waals surface area contributed by atoms with Crippen molar-refractivity contribution >= 4 is 13.3 Å². The molecule has 0 heterocycles. The van der Waals surface area contributed by atoms with Crippen LogP contribution in [0.1, 0.15) is 5.56 Å². The van der Waals surface area contributed by atoms with Crippen molar-refractivity contribution in [1.29, 1.82) is 5.26 Å². The van der Waals surface area contributed by atoms with Crippen LogP contribution < -0.4 is 10.2 Å². The van der Waals surface area contributed by atoms with Crippen molar-refractivity contribution in [3.05, 3.63) is 23.8 Å². The number of benzene rings is 1. The zero-order chi connectivity index (χ0) is 8.27. The molecule has 3 heteroatoms. The summed E-state index contributed by atoms with van der Waals surface area (Å²) in [6, 6.07) is 6.88. The molecule has 11 heavy (non-hydrogen) atoms. The first-order valence-electron chi connectivity index (χ1n) is 3.11. The average molecular weight is 143 g/mol. The predicted molar refractivity (Wildman–Crippen MR) is 43.1 cm³/mol. The molecule has 0 amide bonds. The highest BCUT2D eigenvalue weighted by Gasteiger charge is 1.95. The summed E-state index contributed by atoms with van der Waals surface area (Å²) >= 11 is 0. The maximum Gasteiger partial charge on any atom is 0.119 e. The minimum absolute atomic E-state index is 0.516. The molecule has 0 saturated carbocycles. The molecule has 0 aliphatic rings. The molecule has 0 aromatic heterocycles. The first-order valence-corrected chi connectivity index (χ1v) is 3.11. The maximum absolute atomic E-state index is 8.52. The summed E-state index contributed by atoms with van der Waals surface area (Å²) in [4.78, 5) is 0. The maximum atomic E-state index is 8.52. The van der Waals surface area contributed by atoms with E-state index in [0.29, 0.717) is 16.8 Å². The third-order valence-electron chi connectivity index (χ3n) is 1.29. The van der Waals surface area contributed by atoms with Crippen molar-refractivity contribution < 1.29 is 4.74 Å². The molecule has 0 N–H and O–H groups in total. The Labute approximate surface area is 66.8 Å². The van der Waals surface area contributed by atoms with E-state index in [2.05, 4.69) is 0 Å². The van der Waals surface area contributed by atoms with Gasteiger partial charge in [0.15, 0.2) is 0 Å². The standard InChI is InChI=1S/C8H6BNO/c1-11-8-3-6(5-10)2-7(9)4-8/h2-4H,1H3. The van der Waals surface area contributed by atoms with E-state index in [4.69, 9.17) is 17.8 Å². The summed E-state index contributed by atoms with van der Waals surface area (Å²) in [6.07, 6.45) is 0. The molecule has 2 nitrogen and oxygen atoms in total. The molecule has 0 saturated heterocycles. The van der Waals surface area contributed by atoms with E-state index in [1.807, 2.05) is 6.07 Å². The van der Waals surface area contributed by atoms with Gasteiger partial charge in [-0.1, -0.05) is 11.5 Å². The topological polar surface area (TPSA) is 33.0 Å². The van der Waals surface area contributed by atoms with Gasteiger partial charge in [0, 0.05) is 0 Å². The summed E-state index contributed by atoms with van der Waals surface area (Å²) in [5.41, 5.74) is 1.06.